The van der Waals surface area contributed by atoms with Gasteiger partial charge in [-0.25, -0.2) is 9.78 Å². The summed E-state index contributed by atoms with van der Waals surface area (Å²) in [5.41, 5.74) is 2.14. The summed E-state index contributed by atoms with van der Waals surface area (Å²) in [6.07, 6.45) is 3.82. The van der Waals surface area contributed by atoms with Crippen LogP contribution in [-0.2, 0) is 25.5 Å². The number of amides is 4. The fraction of sp³-hybridized carbons (Fsp3) is 0.435. The fourth-order valence-corrected chi connectivity index (χ4v) is 4.88. The lowest BCUT2D eigenvalue weighted by Crippen LogP contribution is -2.44. The van der Waals surface area contributed by atoms with E-state index in [9.17, 15) is 19.2 Å². The first-order valence-corrected chi connectivity index (χ1v) is 11.9. The van der Waals surface area contributed by atoms with Crippen LogP contribution >= 0.6 is 11.3 Å². The monoisotopic (exact) mass is 470 g/mol. The summed E-state index contributed by atoms with van der Waals surface area (Å²) in [7, 11) is 0. The Morgan fingerprint density at radius 3 is 2.64 bits per heavy atom. The number of carbonyl (C=O) groups excluding carboxylic acids is 4. The summed E-state index contributed by atoms with van der Waals surface area (Å²) in [6, 6.07) is 7.58. The minimum atomic E-state index is -0.800. The van der Waals surface area contributed by atoms with Crippen LogP contribution in [0.15, 0.2) is 29.6 Å². The molecule has 1 saturated heterocycles. The zero-order valence-corrected chi connectivity index (χ0v) is 19.2. The van der Waals surface area contributed by atoms with Gasteiger partial charge < -0.3 is 10.1 Å². The number of aryl methyl sites for hydroxylation is 1. The molecule has 33 heavy (non-hydrogen) atoms. The molecule has 0 atom stereocenters. The van der Waals surface area contributed by atoms with Gasteiger partial charge in [0.15, 0.2) is 11.7 Å². The van der Waals surface area contributed by atoms with E-state index in [0.717, 1.165) is 35.4 Å². The minimum Gasteiger partial charge on any atom is -0.456 e. The van der Waals surface area contributed by atoms with Crippen LogP contribution in [0.4, 0.5) is 9.93 Å². The molecular formula is C23H26N4O5S. The lowest BCUT2D eigenvalue weighted by molar-refractivity contribution is -0.147. The highest BCUT2D eigenvalue weighted by molar-refractivity contribution is 7.14. The molecule has 2 heterocycles. The Kier molecular flexibility index (Phi) is 6.73. The number of imide groups is 1. The summed E-state index contributed by atoms with van der Waals surface area (Å²) in [6.45, 7) is 1.55. The largest absolute Gasteiger partial charge is 0.456 e. The second-order valence-electron chi connectivity index (χ2n) is 8.22. The molecule has 0 bridgehead atoms. The van der Waals surface area contributed by atoms with Crippen molar-refractivity contribution < 1.29 is 23.9 Å². The lowest BCUT2D eigenvalue weighted by Gasteiger charge is -2.19. The van der Waals surface area contributed by atoms with Crippen molar-refractivity contribution in [1.82, 2.24) is 15.2 Å². The van der Waals surface area contributed by atoms with Gasteiger partial charge in [0.05, 0.1) is 12.1 Å². The number of carbonyl (C=O) groups is 4. The number of hydrogen-bond acceptors (Lipinski definition) is 7. The Labute approximate surface area is 195 Å². The number of esters is 1. The van der Waals surface area contributed by atoms with Crippen molar-refractivity contribution in [3.8, 4) is 11.3 Å². The van der Waals surface area contributed by atoms with Crippen LogP contribution in [0.25, 0.3) is 11.3 Å². The van der Waals surface area contributed by atoms with Crippen LogP contribution in [0.3, 0.4) is 0 Å². The predicted molar refractivity (Wildman–Crippen MR) is 123 cm³/mol. The summed E-state index contributed by atoms with van der Waals surface area (Å²) in [5.74, 6) is -1.45. The first-order chi connectivity index (χ1) is 15.9. The minimum absolute atomic E-state index is 0.0699. The molecule has 2 aliphatic rings. The molecular weight excluding hydrogens is 444 g/mol. The second kappa shape index (κ2) is 9.70. The van der Waals surface area contributed by atoms with Crippen molar-refractivity contribution in [2.45, 2.75) is 51.0 Å². The number of ether oxygens (including phenoxy) is 1. The predicted octanol–water partition coefficient (Wildman–Crippen LogP) is 3.11. The van der Waals surface area contributed by atoms with Gasteiger partial charge in [-0.05, 0) is 24.8 Å². The molecule has 4 rings (SSSR count). The normalized spacial score (nSPS) is 16.8. The van der Waals surface area contributed by atoms with Crippen molar-refractivity contribution in [3.63, 3.8) is 0 Å². The first kappa shape index (κ1) is 22.9. The van der Waals surface area contributed by atoms with E-state index in [1.807, 2.05) is 29.6 Å². The molecule has 174 valence electrons. The van der Waals surface area contributed by atoms with Crippen molar-refractivity contribution in [2.24, 2.45) is 0 Å². The number of nitrogens with zero attached hydrogens (tertiary/aromatic N) is 2. The average Bonchev–Trinajstić information content (AvgIpc) is 3.53. The number of rotatable bonds is 8. The Morgan fingerprint density at radius 1 is 1.21 bits per heavy atom. The molecule has 0 radical (unpaired) electrons. The molecule has 1 aromatic heterocycles. The van der Waals surface area contributed by atoms with E-state index in [4.69, 9.17) is 4.74 Å². The van der Waals surface area contributed by atoms with Gasteiger partial charge in [0, 0.05) is 17.5 Å². The molecule has 1 aromatic carbocycles. The molecule has 1 saturated carbocycles. The summed E-state index contributed by atoms with van der Waals surface area (Å²) < 4.78 is 5.00. The van der Waals surface area contributed by atoms with Gasteiger partial charge >= 0.3 is 12.0 Å². The maximum absolute atomic E-state index is 12.6. The van der Waals surface area contributed by atoms with E-state index in [0.29, 0.717) is 18.0 Å². The molecule has 2 fully saturated rings. The van der Waals surface area contributed by atoms with Gasteiger partial charge in [-0.15, -0.1) is 11.3 Å². The topological polar surface area (TPSA) is 118 Å². The summed E-state index contributed by atoms with van der Waals surface area (Å²) >= 11 is 1.28. The van der Waals surface area contributed by atoms with Crippen LogP contribution in [0.1, 0.15) is 44.6 Å². The Balaban J connectivity index is 1.21. The summed E-state index contributed by atoms with van der Waals surface area (Å²) in [5, 5.41) is 7.64. The van der Waals surface area contributed by atoms with Gasteiger partial charge in [0.1, 0.15) is 5.54 Å². The van der Waals surface area contributed by atoms with Crippen LogP contribution in [0, 0.1) is 0 Å². The fourth-order valence-electron chi connectivity index (χ4n) is 4.15. The number of hydrogen-bond donors (Lipinski definition) is 2. The molecule has 4 amide bonds. The van der Waals surface area contributed by atoms with Crippen LogP contribution in [-0.4, -0.2) is 52.4 Å². The number of anilines is 1. The molecule has 10 heteroatoms. The number of thiazole rings is 1. The standard InChI is InChI=1S/C23H26N4O5S/c1-2-15-5-7-16(8-6-15)17-14-33-21(24-17)25-18(28)13-32-19(29)9-12-27-20(30)23(26-22(27)31)10-3-4-11-23/h5-8,14H,2-4,9-13H2,1H3,(H,26,31)(H,24,25,28). The molecule has 1 aliphatic heterocycles. The highest BCUT2D eigenvalue weighted by Gasteiger charge is 2.52. The maximum atomic E-state index is 12.6. The van der Waals surface area contributed by atoms with Crippen molar-refractivity contribution in [1.29, 1.82) is 0 Å². The smallest absolute Gasteiger partial charge is 0.325 e. The van der Waals surface area contributed by atoms with Crippen molar-refractivity contribution in [2.75, 3.05) is 18.5 Å². The van der Waals surface area contributed by atoms with E-state index < -0.39 is 30.1 Å². The number of urea groups is 1. The summed E-state index contributed by atoms with van der Waals surface area (Å²) in [4.78, 5) is 54.4. The number of aromatic nitrogens is 1. The van der Waals surface area contributed by atoms with E-state index in [1.54, 1.807) is 0 Å². The van der Waals surface area contributed by atoms with Gasteiger partial charge in [0.25, 0.3) is 11.8 Å². The molecule has 2 aromatic rings. The van der Waals surface area contributed by atoms with Crippen LogP contribution in [0.5, 0.6) is 0 Å². The molecule has 9 nitrogen and oxygen atoms in total. The van der Waals surface area contributed by atoms with E-state index in [2.05, 4.69) is 22.5 Å². The zero-order valence-electron chi connectivity index (χ0n) is 18.4. The van der Waals surface area contributed by atoms with Crippen molar-refractivity contribution in [3.05, 3.63) is 35.2 Å². The highest BCUT2D eigenvalue weighted by atomic mass is 32.1. The van der Waals surface area contributed by atoms with Gasteiger partial charge in [-0.1, -0.05) is 44.0 Å². The van der Waals surface area contributed by atoms with E-state index >= 15 is 0 Å². The average molecular weight is 471 g/mol. The Bertz CT molecular complexity index is 1060. The van der Waals surface area contributed by atoms with Gasteiger partial charge in [-0.3, -0.25) is 24.6 Å². The lowest BCUT2D eigenvalue weighted by atomic mass is 9.98. The number of benzene rings is 1. The van der Waals surface area contributed by atoms with Crippen LogP contribution in [0.2, 0.25) is 0 Å². The highest BCUT2D eigenvalue weighted by Crippen LogP contribution is 2.35. The maximum Gasteiger partial charge on any atom is 0.325 e. The third-order valence-electron chi connectivity index (χ3n) is 6.02. The molecule has 1 spiro atoms. The Morgan fingerprint density at radius 2 is 1.94 bits per heavy atom. The van der Waals surface area contributed by atoms with E-state index in [1.165, 1.54) is 16.9 Å². The zero-order chi connectivity index (χ0) is 23.4. The number of nitrogens with one attached hydrogen (secondary N) is 2. The Hall–Kier alpha value is -3.27. The SMILES string of the molecule is CCc1ccc(-c2csc(NC(=O)COC(=O)CCN3C(=O)NC4(CCCC4)C3=O)n2)cc1. The molecule has 1 aliphatic carbocycles. The second-order valence-corrected chi connectivity index (χ2v) is 9.08. The van der Waals surface area contributed by atoms with Crippen LogP contribution < -0.4 is 10.6 Å². The third kappa shape index (κ3) is 5.05. The molecule has 0 unspecified atom stereocenters. The van der Waals surface area contributed by atoms with E-state index in [-0.39, 0.29) is 18.9 Å². The molecule has 2 N–H and O–H groups in total. The third-order valence-corrected chi connectivity index (χ3v) is 6.77. The quantitative estimate of drug-likeness (QED) is 0.452. The van der Waals surface area contributed by atoms with Crippen molar-refractivity contribution >= 4 is 40.3 Å². The van der Waals surface area contributed by atoms with Gasteiger partial charge in [0.2, 0.25) is 0 Å². The van der Waals surface area contributed by atoms with Gasteiger partial charge in [-0.2, -0.15) is 0 Å². The first-order valence-electron chi connectivity index (χ1n) is 11.0.